The number of fused-ring (bicyclic) bond motifs is 1. The average Bonchev–Trinajstić information content (AvgIpc) is 2.76. The average molecular weight is 254 g/mol. The standard InChI is InChI=1S/C14H14N4O/c1-18-12-6-5-9(19-2)8-11(12)17-14(18)13-10(15)4-3-7-16-13/h3-8H,15H2,1-2H3. The molecular weight excluding hydrogens is 240 g/mol. The van der Waals surface area contributed by atoms with Crippen LogP contribution in [0.2, 0.25) is 0 Å². The van der Waals surface area contributed by atoms with Crippen LogP contribution in [-0.2, 0) is 7.05 Å². The molecule has 2 aromatic heterocycles. The summed E-state index contributed by atoms with van der Waals surface area (Å²) in [7, 11) is 3.59. The molecule has 0 spiro atoms. The van der Waals surface area contributed by atoms with Crippen LogP contribution in [0.4, 0.5) is 5.69 Å². The zero-order valence-corrected chi connectivity index (χ0v) is 10.8. The molecule has 3 aromatic rings. The Bertz CT molecular complexity index is 748. The summed E-state index contributed by atoms with van der Waals surface area (Å²) in [6.07, 6.45) is 1.71. The molecule has 0 atom stereocenters. The summed E-state index contributed by atoms with van der Waals surface area (Å²) in [5.74, 6) is 1.53. The fourth-order valence-corrected chi connectivity index (χ4v) is 2.12. The van der Waals surface area contributed by atoms with Crippen molar-refractivity contribution in [2.75, 3.05) is 12.8 Å². The van der Waals surface area contributed by atoms with Crippen LogP contribution in [0.3, 0.4) is 0 Å². The van der Waals surface area contributed by atoms with Crippen molar-refractivity contribution >= 4 is 16.7 Å². The van der Waals surface area contributed by atoms with Gasteiger partial charge in [-0.15, -0.1) is 0 Å². The molecule has 5 heteroatoms. The number of aromatic nitrogens is 3. The van der Waals surface area contributed by atoms with E-state index in [0.29, 0.717) is 11.4 Å². The van der Waals surface area contributed by atoms with E-state index in [9.17, 15) is 0 Å². The minimum absolute atomic E-state index is 0.618. The van der Waals surface area contributed by atoms with Crippen LogP contribution in [0, 0.1) is 0 Å². The van der Waals surface area contributed by atoms with Crippen molar-refractivity contribution in [3.63, 3.8) is 0 Å². The summed E-state index contributed by atoms with van der Waals surface area (Å²) in [4.78, 5) is 8.90. The Morgan fingerprint density at radius 3 is 2.84 bits per heavy atom. The van der Waals surface area contributed by atoms with Gasteiger partial charge < -0.3 is 15.0 Å². The summed E-state index contributed by atoms with van der Waals surface area (Å²) >= 11 is 0. The second kappa shape index (κ2) is 4.28. The van der Waals surface area contributed by atoms with Crippen LogP contribution in [0.15, 0.2) is 36.5 Å². The van der Waals surface area contributed by atoms with Gasteiger partial charge in [-0.25, -0.2) is 4.98 Å². The number of hydrogen-bond acceptors (Lipinski definition) is 4. The number of imidazole rings is 1. The smallest absolute Gasteiger partial charge is 0.161 e. The van der Waals surface area contributed by atoms with Gasteiger partial charge >= 0.3 is 0 Å². The third-order valence-electron chi connectivity index (χ3n) is 3.14. The molecule has 96 valence electrons. The highest BCUT2D eigenvalue weighted by Crippen LogP contribution is 2.27. The molecule has 0 saturated heterocycles. The number of anilines is 1. The SMILES string of the molecule is COc1ccc2c(c1)nc(-c1ncccc1N)n2C. The fourth-order valence-electron chi connectivity index (χ4n) is 2.12. The molecular formula is C14H14N4O. The molecule has 2 N–H and O–H groups in total. The van der Waals surface area contributed by atoms with Crippen molar-refractivity contribution in [1.82, 2.24) is 14.5 Å². The van der Waals surface area contributed by atoms with E-state index in [-0.39, 0.29) is 0 Å². The molecule has 0 fully saturated rings. The zero-order valence-electron chi connectivity index (χ0n) is 10.8. The lowest BCUT2D eigenvalue weighted by atomic mass is 10.3. The Balaban J connectivity index is 2.25. The van der Waals surface area contributed by atoms with E-state index in [4.69, 9.17) is 10.5 Å². The van der Waals surface area contributed by atoms with E-state index in [0.717, 1.165) is 22.6 Å². The molecule has 3 rings (SSSR count). The van der Waals surface area contributed by atoms with Crippen LogP contribution in [0.1, 0.15) is 0 Å². The van der Waals surface area contributed by atoms with Crippen LogP contribution in [0.5, 0.6) is 5.75 Å². The van der Waals surface area contributed by atoms with Crippen molar-refractivity contribution in [3.05, 3.63) is 36.5 Å². The molecule has 0 bridgehead atoms. The number of benzene rings is 1. The van der Waals surface area contributed by atoms with Gasteiger partial charge in [0.15, 0.2) is 5.82 Å². The predicted octanol–water partition coefficient (Wildman–Crippen LogP) is 2.23. The molecule has 1 aromatic carbocycles. The number of nitrogens with zero attached hydrogens (tertiary/aromatic N) is 3. The second-order valence-electron chi connectivity index (χ2n) is 4.29. The molecule has 0 saturated carbocycles. The highest BCUT2D eigenvalue weighted by atomic mass is 16.5. The number of nitrogens with two attached hydrogens (primary N) is 1. The molecule has 2 heterocycles. The van der Waals surface area contributed by atoms with Gasteiger partial charge in [0.1, 0.15) is 11.4 Å². The zero-order chi connectivity index (χ0) is 13.4. The quantitative estimate of drug-likeness (QED) is 0.761. The monoisotopic (exact) mass is 254 g/mol. The predicted molar refractivity (Wildman–Crippen MR) is 74.9 cm³/mol. The van der Waals surface area contributed by atoms with E-state index in [1.807, 2.05) is 41.9 Å². The van der Waals surface area contributed by atoms with Gasteiger partial charge in [0, 0.05) is 19.3 Å². The van der Waals surface area contributed by atoms with Crippen molar-refractivity contribution in [1.29, 1.82) is 0 Å². The molecule has 0 aliphatic carbocycles. The van der Waals surface area contributed by atoms with E-state index >= 15 is 0 Å². The maximum absolute atomic E-state index is 5.96. The maximum atomic E-state index is 5.96. The molecule has 0 amide bonds. The number of nitrogen functional groups attached to an aromatic ring is 1. The number of aryl methyl sites for hydroxylation is 1. The first-order valence-corrected chi connectivity index (χ1v) is 5.92. The first-order chi connectivity index (χ1) is 9.20. The highest BCUT2D eigenvalue weighted by molar-refractivity contribution is 5.83. The van der Waals surface area contributed by atoms with Gasteiger partial charge in [0.2, 0.25) is 0 Å². The molecule has 0 aliphatic rings. The van der Waals surface area contributed by atoms with Crippen LogP contribution < -0.4 is 10.5 Å². The highest BCUT2D eigenvalue weighted by Gasteiger charge is 2.13. The number of rotatable bonds is 2. The first kappa shape index (κ1) is 11.5. The summed E-state index contributed by atoms with van der Waals surface area (Å²) in [5.41, 5.74) is 9.15. The lowest BCUT2D eigenvalue weighted by molar-refractivity contribution is 0.415. The van der Waals surface area contributed by atoms with Gasteiger partial charge in [0.05, 0.1) is 23.8 Å². The molecule has 0 unspecified atom stereocenters. The third kappa shape index (κ3) is 1.79. The lowest BCUT2D eigenvalue weighted by Crippen LogP contribution is -1.98. The Labute approximate surface area is 110 Å². The van der Waals surface area contributed by atoms with Crippen LogP contribution in [0.25, 0.3) is 22.6 Å². The van der Waals surface area contributed by atoms with Crippen molar-refractivity contribution < 1.29 is 4.74 Å². The third-order valence-corrected chi connectivity index (χ3v) is 3.14. The van der Waals surface area contributed by atoms with Gasteiger partial charge in [-0.1, -0.05) is 0 Å². The molecule has 0 aliphatic heterocycles. The van der Waals surface area contributed by atoms with E-state index in [1.54, 1.807) is 13.3 Å². The van der Waals surface area contributed by atoms with E-state index < -0.39 is 0 Å². The van der Waals surface area contributed by atoms with Gasteiger partial charge in [-0.05, 0) is 24.3 Å². The number of hydrogen-bond donors (Lipinski definition) is 1. The Morgan fingerprint density at radius 2 is 2.11 bits per heavy atom. The normalized spacial score (nSPS) is 10.8. The number of methoxy groups -OCH3 is 1. The summed E-state index contributed by atoms with van der Waals surface area (Å²) in [5, 5.41) is 0. The van der Waals surface area contributed by atoms with Gasteiger partial charge in [-0.3, -0.25) is 4.98 Å². The van der Waals surface area contributed by atoms with E-state index in [2.05, 4.69) is 9.97 Å². The first-order valence-electron chi connectivity index (χ1n) is 5.92. The topological polar surface area (TPSA) is 66.0 Å². The van der Waals surface area contributed by atoms with Gasteiger partial charge in [-0.2, -0.15) is 0 Å². The second-order valence-corrected chi connectivity index (χ2v) is 4.29. The van der Waals surface area contributed by atoms with Gasteiger partial charge in [0.25, 0.3) is 0 Å². The molecule has 19 heavy (non-hydrogen) atoms. The Hall–Kier alpha value is -2.56. The van der Waals surface area contributed by atoms with Crippen molar-refractivity contribution in [2.24, 2.45) is 7.05 Å². The largest absolute Gasteiger partial charge is 0.497 e. The minimum Gasteiger partial charge on any atom is -0.497 e. The summed E-state index contributed by atoms with van der Waals surface area (Å²) in [6.45, 7) is 0. The molecule has 0 radical (unpaired) electrons. The van der Waals surface area contributed by atoms with Crippen molar-refractivity contribution in [3.8, 4) is 17.3 Å². The Morgan fingerprint density at radius 1 is 1.26 bits per heavy atom. The number of ether oxygens (including phenoxy) is 1. The van der Waals surface area contributed by atoms with Crippen LogP contribution >= 0.6 is 0 Å². The summed E-state index contributed by atoms with van der Waals surface area (Å²) < 4.78 is 7.19. The molecule has 5 nitrogen and oxygen atoms in total. The van der Waals surface area contributed by atoms with Crippen LogP contribution in [-0.4, -0.2) is 21.6 Å². The Kier molecular flexibility index (Phi) is 2.59. The fraction of sp³-hybridized carbons (Fsp3) is 0.143. The summed E-state index contributed by atoms with van der Waals surface area (Å²) in [6, 6.07) is 9.42. The minimum atomic E-state index is 0.618. The number of pyridine rings is 1. The maximum Gasteiger partial charge on any atom is 0.161 e. The lowest BCUT2D eigenvalue weighted by Gasteiger charge is -2.04. The van der Waals surface area contributed by atoms with Crippen molar-refractivity contribution in [2.45, 2.75) is 0 Å². The van der Waals surface area contributed by atoms with E-state index in [1.165, 1.54) is 0 Å².